The van der Waals surface area contributed by atoms with E-state index in [4.69, 9.17) is 0 Å². The molecule has 0 aliphatic rings. The Morgan fingerprint density at radius 2 is 1.74 bits per heavy atom. The van der Waals surface area contributed by atoms with E-state index in [1.165, 1.54) is 11.1 Å². The fourth-order valence-electron chi connectivity index (χ4n) is 2.39. The third kappa shape index (κ3) is 5.19. The van der Waals surface area contributed by atoms with Crippen LogP contribution in [-0.2, 0) is 6.54 Å². The number of nitrogens with zero attached hydrogens (tertiary/aromatic N) is 2. The Balaban J connectivity index is 2.94. The Hall–Kier alpha value is -1.09. The smallest absolute Gasteiger partial charge is 0.131 e. The van der Waals surface area contributed by atoms with Crippen molar-refractivity contribution < 1.29 is 0 Å². The van der Waals surface area contributed by atoms with E-state index >= 15 is 0 Å². The summed E-state index contributed by atoms with van der Waals surface area (Å²) in [6, 6.07) is 2.24. The third-order valence-electron chi connectivity index (χ3n) is 2.96. The zero-order valence-electron chi connectivity index (χ0n) is 13.3. The summed E-state index contributed by atoms with van der Waals surface area (Å²) in [5.74, 6) is 2.44. The van der Waals surface area contributed by atoms with Gasteiger partial charge in [-0.1, -0.05) is 27.7 Å². The van der Waals surface area contributed by atoms with Gasteiger partial charge in [0.15, 0.2) is 0 Å². The minimum Gasteiger partial charge on any atom is -0.356 e. The maximum absolute atomic E-state index is 4.69. The van der Waals surface area contributed by atoms with Gasteiger partial charge in [-0.25, -0.2) is 4.98 Å². The van der Waals surface area contributed by atoms with Gasteiger partial charge < -0.3 is 10.2 Å². The van der Waals surface area contributed by atoms with Crippen molar-refractivity contribution >= 4 is 5.82 Å². The first-order valence-corrected chi connectivity index (χ1v) is 7.29. The second-order valence-corrected chi connectivity index (χ2v) is 6.21. The summed E-state index contributed by atoms with van der Waals surface area (Å²) in [6.45, 7) is 14.2. The van der Waals surface area contributed by atoms with Gasteiger partial charge in [-0.2, -0.15) is 0 Å². The second kappa shape index (κ2) is 7.49. The number of pyridine rings is 1. The van der Waals surface area contributed by atoms with Gasteiger partial charge in [0.05, 0.1) is 0 Å². The van der Waals surface area contributed by atoms with E-state index in [1.807, 2.05) is 13.2 Å². The first kappa shape index (κ1) is 16.0. The van der Waals surface area contributed by atoms with Gasteiger partial charge in [-0.3, -0.25) is 0 Å². The first-order valence-electron chi connectivity index (χ1n) is 7.29. The van der Waals surface area contributed by atoms with Crippen LogP contribution in [0.3, 0.4) is 0 Å². The van der Waals surface area contributed by atoms with E-state index in [2.05, 4.69) is 55.9 Å². The van der Waals surface area contributed by atoms with E-state index < -0.39 is 0 Å². The van der Waals surface area contributed by atoms with Gasteiger partial charge in [0.2, 0.25) is 0 Å². The van der Waals surface area contributed by atoms with Crippen molar-refractivity contribution in [3.05, 3.63) is 23.4 Å². The van der Waals surface area contributed by atoms with Crippen molar-refractivity contribution in [2.24, 2.45) is 11.8 Å². The molecule has 3 heteroatoms. The molecule has 0 aromatic carbocycles. The molecule has 0 saturated heterocycles. The van der Waals surface area contributed by atoms with E-state index in [9.17, 15) is 0 Å². The lowest BCUT2D eigenvalue weighted by molar-refractivity contribution is 0.548. The van der Waals surface area contributed by atoms with Gasteiger partial charge in [0, 0.05) is 25.8 Å². The van der Waals surface area contributed by atoms with E-state index in [0.717, 1.165) is 25.5 Å². The number of anilines is 1. The number of aromatic nitrogens is 1. The summed E-state index contributed by atoms with van der Waals surface area (Å²) in [5.41, 5.74) is 2.52. The molecule has 0 radical (unpaired) electrons. The van der Waals surface area contributed by atoms with E-state index in [-0.39, 0.29) is 0 Å². The molecule has 19 heavy (non-hydrogen) atoms. The average molecular weight is 263 g/mol. The van der Waals surface area contributed by atoms with Crippen LogP contribution in [0, 0.1) is 18.8 Å². The van der Waals surface area contributed by atoms with Crippen LogP contribution >= 0.6 is 0 Å². The van der Waals surface area contributed by atoms with Crippen molar-refractivity contribution in [1.82, 2.24) is 10.3 Å². The normalized spacial score (nSPS) is 11.4. The fourth-order valence-corrected chi connectivity index (χ4v) is 2.39. The Kier molecular flexibility index (Phi) is 6.29. The van der Waals surface area contributed by atoms with Crippen LogP contribution in [0.4, 0.5) is 5.82 Å². The summed E-state index contributed by atoms with van der Waals surface area (Å²) in [6.07, 6.45) is 1.99. The van der Waals surface area contributed by atoms with Crippen molar-refractivity contribution in [3.8, 4) is 0 Å². The zero-order valence-corrected chi connectivity index (χ0v) is 13.3. The molecule has 0 spiro atoms. The van der Waals surface area contributed by atoms with Gasteiger partial charge in [-0.15, -0.1) is 0 Å². The molecule has 0 saturated carbocycles. The Morgan fingerprint density at radius 1 is 1.16 bits per heavy atom. The van der Waals surface area contributed by atoms with Crippen LogP contribution in [0.25, 0.3) is 0 Å². The molecule has 0 bridgehead atoms. The van der Waals surface area contributed by atoms with Crippen LogP contribution in [0.5, 0.6) is 0 Å². The minimum absolute atomic E-state index is 0.650. The predicted octanol–water partition coefficient (Wildman–Crippen LogP) is 3.23. The molecule has 1 heterocycles. The van der Waals surface area contributed by atoms with Gasteiger partial charge in [0.25, 0.3) is 0 Å². The zero-order chi connectivity index (χ0) is 14.4. The highest BCUT2D eigenvalue weighted by molar-refractivity contribution is 5.47. The lowest BCUT2D eigenvalue weighted by Gasteiger charge is -2.29. The molecular formula is C16H29N3. The largest absolute Gasteiger partial charge is 0.356 e. The predicted molar refractivity (Wildman–Crippen MR) is 83.6 cm³/mol. The highest BCUT2D eigenvalue weighted by atomic mass is 15.2. The summed E-state index contributed by atoms with van der Waals surface area (Å²) in [5, 5.41) is 3.17. The quantitative estimate of drug-likeness (QED) is 0.818. The molecule has 0 aliphatic heterocycles. The van der Waals surface area contributed by atoms with Crippen LogP contribution in [0.2, 0.25) is 0 Å². The molecule has 0 aliphatic carbocycles. The van der Waals surface area contributed by atoms with E-state index in [0.29, 0.717) is 11.8 Å². The number of hydrogen-bond donors (Lipinski definition) is 1. The van der Waals surface area contributed by atoms with E-state index in [1.54, 1.807) is 0 Å². The summed E-state index contributed by atoms with van der Waals surface area (Å²) < 4.78 is 0. The standard InChI is InChI=1S/C16H29N3/c1-12(2)10-19(11-13(3)4)16-14(5)7-15(8-17-6)9-18-16/h7,9,12-13,17H,8,10-11H2,1-6H3. The van der Waals surface area contributed by atoms with Crippen LogP contribution < -0.4 is 10.2 Å². The maximum Gasteiger partial charge on any atom is 0.131 e. The molecule has 0 amide bonds. The second-order valence-electron chi connectivity index (χ2n) is 6.21. The number of aryl methyl sites for hydroxylation is 1. The number of hydrogen-bond acceptors (Lipinski definition) is 3. The third-order valence-corrected chi connectivity index (χ3v) is 2.96. The summed E-state index contributed by atoms with van der Waals surface area (Å²) >= 11 is 0. The molecule has 0 unspecified atom stereocenters. The highest BCUT2D eigenvalue weighted by Gasteiger charge is 2.14. The minimum atomic E-state index is 0.650. The molecule has 0 atom stereocenters. The maximum atomic E-state index is 4.69. The van der Waals surface area contributed by atoms with Crippen molar-refractivity contribution in [2.45, 2.75) is 41.2 Å². The molecular weight excluding hydrogens is 234 g/mol. The fraction of sp³-hybridized carbons (Fsp3) is 0.688. The van der Waals surface area contributed by atoms with Gasteiger partial charge in [0.1, 0.15) is 5.82 Å². The molecule has 1 aromatic heterocycles. The topological polar surface area (TPSA) is 28.2 Å². The van der Waals surface area contributed by atoms with Gasteiger partial charge in [-0.05, 0) is 43.0 Å². The van der Waals surface area contributed by atoms with Crippen LogP contribution in [-0.4, -0.2) is 25.1 Å². The molecule has 1 rings (SSSR count). The molecule has 0 fully saturated rings. The Bertz CT molecular complexity index is 376. The lowest BCUT2D eigenvalue weighted by atomic mass is 10.1. The van der Waals surface area contributed by atoms with Crippen molar-refractivity contribution in [3.63, 3.8) is 0 Å². The highest BCUT2D eigenvalue weighted by Crippen LogP contribution is 2.20. The number of nitrogens with one attached hydrogen (secondary N) is 1. The Labute approximate surface area is 118 Å². The molecule has 108 valence electrons. The SMILES string of the molecule is CNCc1cnc(N(CC(C)C)CC(C)C)c(C)c1. The molecule has 3 nitrogen and oxygen atoms in total. The van der Waals surface area contributed by atoms with Gasteiger partial charge >= 0.3 is 0 Å². The van der Waals surface area contributed by atoms with Crippen molar-refractivity contribution in [2.75, 3.05) is 25.0 Å². The summed E-state index contributed by atoms with van der Waals surface area (Å²) in [7, 11) is 1.97. The summed E-state index contributed by atoms with van der Waals surface area (Å²) in [4.78, 5) is 7.11. The average Bonchev–Trinajstić information content (AvgIpc) is 2.27. The van der Waals surface area contributed by atoms with Crippen LogP contribution in [0.1, 0.15) is 38.8 Å². The van der Waals surface area contributed by atoms with Crippen LogP contribution in [0.15, 0.2) is 12.3 Å². The molecule has 1 N–H and O–H groups in total. The molecule has 1 aromatic rings. The lowest BCUT2D eigenvalue weighted by Crippen LogP contribution is -2.32. The monoisotopic (exact) mass is 263 g/mol. The Morgan fingerprint density at radius 3 is 2.16 bits per heavy atom. The van der Waals surface area contributed by atoms with Crippen molar-refractivity contribution in [1.29, 1.82) is 0 Å². The first-order chi connectivity index (χ1) is 8.93. The number of rotatable bonds is 7.